The quantitative estimate of drug-likeness (QED) is 0.802. The Kier molecular flexibility index (Phi) is 4.42. The van der Waals surface area contributed by atoms with Gasteiger partial charge < -0.3 is 5.32 Å². The van der Waals surface area contributed by atoms with Crippen molar-refractivity contribution in [2.24, 2.45) is 0 Å². The van der Waals surface area contributed by atoms with Crippen LogP contribution in [-0.4, -0.2) is 7.05 Å². The SMILES string of the molecule is CNC(C)c1ccc(-c2ccc(Cl)c(C(F)(F)F)c2)s1. The van der Waals surface area contributed by atoms with Gasteiger partial charge in [0.1, 0.15) is 0 Å². The first-order valence-corrected chi connectivity index (χ1v) is 7.16. The van der Waals surface area contributed by atoms with Gasteiger partial charge in [0.25, 0.3) is 0 Å². The molecule has 1 aromatic heterocycles. The zero-order chi connectivity index (χ0) is 14.9. The summed E-state index contributed by atoms with van der Waals surface area (Å²) in [5.74, 6) is 0. The van der Waals surface area contributed by atoms with Crippen LogP contribution in [0.15, 0.2) is 30.3 Å². The Balaban J connectivity index is 2.41. The van der Waals surface area contributed by atoms with Crippen LogP contribution in [0.2, 0.25) is 5.02 Å². The molecule has 0 fully saturated rings. The van der Waals surface area contributed by atoms with E-state index >= 15 is 0 Å². The van der Waals surface area contributed by atoms with Crippen molar-refractivity contribution in [2.75, 3.05) is 7.05 Å². The molecular weight excluding hydrogens is 307 g/mol. The van der Waals surface area contributed by atoms with Gasteiger partial charge in [0.05, 0.1) is 10.6 Å². The van der Waals surface area contributed by atoms with E-state index in [-0.39, 0.29) is 11.1 Å². The van der Waals surface area contributed by atoms with Crippen LogP contribution >= 0.6 is 22.9 Å². The molecule has 1 heterocycles. The van der Waals surface area contributed by atoms with Crippen LogP contribution in [0, 0.1) is 0 Å². The van der Waals surface area contributed by atoms with E-state index in [2.05, 4.69) is 5.32 Å². The van der Waals surface area contributed by atoms with Crippen LogP contribution < -0.4 is 5.32 Å². The molecule has 2 rings (SSSR count). The highest BCUT2D eigenvalue weighted by molar-refractivity contribution is 7.15. The average Bonchev–Trinajstić information content (AvgIpc) is 2.86. The summed E-state index contributed by atoms with van der Waals surface area (Å²) >= 11 is 7.09. The van der Waals surface area contributed by atoms with E-state index in [4.69, 9.17) is 11.6 Å². The van der Waals surface area contributed by atoms with Crippen LogP contribution in [-0.2, 0) is 6.18 Å². The number of nitrogens with one attached hydrogen (secondary N) is 1. The highest BCUT2D eigenvalue weighted by Gasteiger charge is 2.33. The van der Waals surface area contributed by atoms with Crippen molar-refractivity contribution in [3.05, 3.63) is 45.8 Å². The van der Waals surface area contributed by atoms with E-state index < -0.39 is 11.7 Å². The second-order valence-electron chi connectivity index (χ2n) is 4.40. The van der Waals surface area contributed by atoms with Crippen molar-refractivity contribution in [1.82, 2.24) is 5.32 Å². The van der Waals surface area contributed by atoms with Gasteiger partial charge >= 0.3 is 6.18 Å². The monoisotopic (exact) mass is 319 g/mol. The Hall–Kier alpha value is -1.04. The maximum Gasteiger partial charge on any atom is 0.417 e. The second-order valence-corrected chi connectivity index (χ2v) is 5.93. The highest BCUT2D eigenvalue weighted by Crippen LogP contribution is 2.39. The zero-order valence-electron chi connectivity index (χ0n) is 10.9. The molecule has 108 valence electrons. The van der Waals surface area contributed by atoms with Gasteiger partial charge in [-0.2, -0.15) is 13.2 Å². The van der Waals surface area contributed by atoms with Crippen molar-refractivity contribution < 1.29 is 13.2 Å². The number of thiophene rings is 1. The van der Waals surface area contributed by atoms with Crippen LogP contribution in [0.4, 0.5) is 13.2 Å². The van der Waals surface area contributed by atoms with Gasteiger partial charge in [0.2, 0.25) is 0 Å². The van der Waals surface area contributed by atoms with Crippen molar-refractivity contribution in [3.63, 3.8) is 0 Å². The minimum absolute atomic E-state index is 0.170. The molecule has 1 aromatic carbocycles. The summed E-state index contributed by atoms with van der Waals surface area (Å²) < 4.78 is 38.5. The molecule has 0 saturated heterocycles. The van der Waals surface area contributed by atoms with Crippen molar-refractivity contribution in [2.45, 2.75) is 19.1 Å². The van der Waals surface area contributed by atoms with E-state index in [0.717, 1.165) is 15.8 Å². The summed E-state index contributed by atoms with van der Waals surface area (Å²) in [7, 11) is 1.84. The van der Waals surface area contributed by atoms with Gasteiger partial charge in [-0.05, 0) is 43.8 Å². The molecule has 20 heavy (non-hydrogen) atoms. The van der Waals surface area contributed by atoms with E-state index in [1.165, 1.54) is 17.4 Å². The lowest BCUT2D eigenvalue weighted by Crippen LogP contribution is -2.10. The number of hydrogen-bond acceptors (Lipinski definition) is 2. The van der Waals surface area contributed by atoms with Crippen molar-refractivity contribution in [1.29, 1.82) is 0 Å². The Morgan fingerprint density at radius 2 is 1.90 bits per heavy atom. The minimum Gasteiger partial charge on any atom is -0.313 e. The standard InChI is InChI=1S/C14H13ClF3NS/c1-8(19-2)12-5-6-13(20-12)9-3-4-11(15)10(7-9)14(16,17)18/h3-8,19H,1-2H3. The largest absolute Gasteiger partial charge is 0.417 e. The van der Waals surface area contributed by atoms with Crippen LogP contribution in [0.3, 0.4) is 0 Å². The Morgan fingerprint density at radius 1 is 1.20 bits per heavy atom. The molecule has 0 spiro atoms. The second kappa shape index (κ2) is 5.76. The molecule has 0 radical (unpaired) electrons. The fourth-order valence-electron chi connectivity index (χ4n) is 1.78. The molecular formula is C14H13ClF3NS. The summed E-state index contributed by atoms with van der Waals surface area (Å²) in [4.78, 5) is 1.87. The van der Waals surface area contributed by atoms with Gasteiger partial charge in [-0.3, -0.25) is 0 Å². The van der Waals surface area contributed by atoms with E-state index in [1.807, 2.05) is 26.1 Å². The molecule has 1 N–H and O–H groups in total. The van der Waals surface area contributed by atoms with Gasteiger partial charge in [0, 0.05) is 15.8 Å². The lowest BCUT2D eigenvalue weighted by atomic mass is 10.1. The molecule has 6 heteroatoms. The van der Waals surface area contributed by atoms with Crippen LogP contribution in [0.1, 0.15) is 23.4 Å². The molecule has 0 amide bonds. The van der Waals surface area contributed by atoms with Gasteiger partial charge in [-0.15, -0.1) is 11.3 Å². The Morgan fingerprint density at radius 3 is 2.50 bits per heavy atom. The van der Waals surface area contributed by atoms with Gasteiger partial charge in [0.15, 0.2) is 0 Å². The molecule has 0 aliphatic heterocycles. The first kappa shape index (κ1) is 15.4. The normalized spacial score (nSPS) is 13.5. The molecule has 0 aliphatic rings. The van der Waals surface area contributed by atoms with Gasteiger partial charge in [-0.1, -0.05) is 17.7 Å². The molecule has 0 saturated carbocycles. The third-order valence-corrected chi connectivity index (χ3v) is 4.69. The maximum atomic E-state index is 12.8. The minimum atomic E-state index is -4.44. The summed E-state index contributed by atoms with van der Waals surface area (Å²) in [6.07, 6.45) is -4.44. The summed E-state index contributed by atoms with van der Waals surface area (Å²) in [6.45, 7) is 2.00. The van der Waals surface area contributed by atoms with E-state index in [0.29, 0.717) is 5.56 Å². The predicted octanol–water partition coefficient (Wildman–Crippen LogP) is 5.37. The molecule has 1 unspecified atom stereocenters. The molecule has 0 bridgehead atoms. The fourth-order valence-corrected chi connectivity index (χ4v) is 3.07. The van der Waals surface area contributed by atoms with Gasteiger partial charge in [-0.25, -0.2) is 0 Å². The van der Waals surface area contributed by atoms with E-state index in [9.17, 15) is 13.2 Å². The highest BCUT2D eigenvalue weighted by atomic mass is 35.5. The molecule has 1 nitrogen and oxygen atoms in total. The number of benzene rings is 1. The lowest BCUT2D eigenvalue weighted by Gasteiger charge is -2.10. The lowest BCUT2D eigenvalue weighted by molar-refractivity contribution is -0.137. The molecule has 0 aliphatic carbocycles. The van der Waals surface area contributed by atoms with Crippen LogP contribution in [0.5, 0.6) is 0 Å². The van der Waals surface area contributed by atoms with Crippen molar-refractivity contribution >= 4 is 22.9 Å². The topological polar surface area (TPSA) is 12.0 Å². The fraction of sp³-hybridized carbons (Fsp3) is 0.286. The number of hydrogen-bond donors (Lipinski definition) is 1. The third kappa shape index (κ3) is 3.16. The number of alkyl halides is 3. The predicted molar refractivity (Wildman–Crippen MR) is 77.2 cm³/mol. The first-order valence-electron chi connectivity index (χ1n) is 5.97. The van der Waals surface area contributed by atoms with E-state index in [1.54, 1.807) is 6.07 Å². The molecule has 1 atom stereocenters. The van der Waals surface area contributed by atoms with Crippen molar-refractivity contribution in [3.8, 4) is 10.4 Å². The molecule has 2 aromatic rings. The Bertz CT molecular complexity index is 607. The first-order chi connectivity index (χ1) is 9.32. The zero-order valence-corrected chi connectivity index (χ0v) is 12.5. The number of halogens is 4. The smallest absolute Gasteiger partial charge is 0.313 e. The maximum absolute atomic E-state index is 12.8. The third-order valence-electron chi connectivity index (χ3n) is 3.04. The Labute approximate surface area is 124 Å². The number of rotatable bonds is 3. The summed E-state index contributed by atoms with van der Waals surface area (Å²) in [5.41, 5.74) is -0.269. The average molecular weight is 320 g/mol. The van der Waals surface area contributed by atoms with Crippen LogP contribution in [0.25, 0.3) is 10.4 Å². The summed E-state index contributed by atoms with van der Waals surface area (Å²) in [5, 5.41) is 2.82. The summed E-state index contributed by atoms with van der Waals surface area (Å²) in [6, 6.07) is 7.92.